The smallest absolute Gasteiger partial charge is 0.230 e. The lowest BCUT2D eigenvalue weighted by atomic mass is 10.1. The first-order valence-corrected chi connectivity index (χ1v) is 8.46. The molecule has 2 aromatic carbocycles. The number of anilines is 1. The molecule has 1 amide bonds. The second-order valence-corrected chi connectivity index (χ2v) is 5.80. The van der Waals surface area contributed by atoms with Crippen molar-refractivity contribution in [1.82, 2.24) is 5.32 Å². The number of nitrogens with one attached hydrogen (secondary N) is 2. The summed E-state index contributed by atoms with van der Waals surface area (Å²) < 4.78 is 5.61. The summed E-state index contributed by atoms with van der Waals surface area (Å²) in [5.41, 5.74) is 1.76. The molecule has 4 nitrogen and oxygen atoms in total. The highest BCUT2D eigenvalue weighted by molar-refractivity contribution is 7.80. The molecule has 0 unspecified atom stereocenters. The molecule has 0 saturated heterocycles. The quantitative estimate of drug-likeness (QED) is 0.591. The first-order chi connectivity index (χ1) is 11.7. The average molecular weight is 342 g/mol. The monoisotopic (exact) mass is 342 g/mol. The molecular weight excluding hydrogens is 320 g/mol. The summed E-state index contributed by atoms with van der Waals surface area (Å²) >= 11 is 5.17. The van der Waals surface area contributed by atoms with Crippen LogP contribution in [0.3, 0.4) is 0 Å². The zero-order valence-corrected chi connectivity index (χ0v) is 14.6. The Hall–Kier alpha value is -2.40. The van der Waals surface area contributed by atoms with Crippen molar-refractivity contribution in [3.05, 3.63) is 60.2 Å². The molecule has 0 aromatic heterocycles. The van der Waals surface area contributed by atoms with Crippen LogP contribution < -0.4 is 15.4 Å². The molecule has 0 saturated carbocycles. The zero-order chi connectivity index (χ0) is 17.2. The Kier molecular flexibility index (Phi) is 7.23. The van der Waals surface area contributed by atoms with E-state index >= 15 is 0 Å². The van der Waals surface area contributed by atoms with Gasteiger partial charge < -0.3 is 15.4 Å². The van der Waals surface area contributed by atoms with Gasteiger partial charge in [-0.05, 0) is 48.5 Å². The third-order valence-corrected chi connectivity index (χ3v) is 3.54. The van der Waals surface area contributed by atoms with Crippen LogP contribution in [-0.4, -0.2) is 17.6 Å². The Bertz CT molecular complexity index is 657. The van der Waals surface area contributed by atoms with E-state index in [0.717, 1.165) is 36.4 Å². The molecule has 0 aliphatic rings. The van der Waals surface area contributed by atoms with Crippen LogP contribution in [0.25, 0.3) is 0 Å². The van der Waals surface area contributed by atoms with Gasteiger partial charge in [-0.3, -0.25) is 4.79 Å². The van der Waals surface area contributed by atoms with Gasteiger partial charge in [0, 0.05) is 5.69 Å². The Balaban J connectivity index is 1.78. The molecule has 0 heterocycles. The predicted molar refractivity (Wildman–Crippen MR) is 101 cm³/mol. The van der Waals surface area contributed by atoms with E-state index in [-0.39, 0.29) is 11.0 Å². The maximum Gasteiger partial charge on any atom is 0.230 e. The molecule has 0 aliphatic carbocycles. The highest BCUT2D eigenvalue weighted by Gasteiger charge is 2.06. The van der Waals surface area contributed by atoms with Gasteiger partial charge in [0.2, 0.25) is 5.91 Å². The fraction of sp³-hybridized carbons (Fsp3) is 0.263. The minimum Gasteiger partial charge on any atom is -0.494 e. The molecule has 2 N–H and O–H groups in total. The third kappa shape index (κ3) is 6.38. The lowest BCUT2D eigenvalue weighted by Crippen LogP contribution is -2.35. The standard InChI is InChI=1S/C19H22N2O2S/c1-2-3-13-23-17-11-9-16(10-12-17)20-19(24)21-18(22)14-15-7-5-4-6-8-15/h4-12H,2-3,13-14H2,1H3,(H2,20,21,22,24). The fourth-order valence-electron chi connectivity index (χ4n) is 2.08. The van der Waals surface area contributed by atoms with E-state index < -0.39 is 0 Å². The van der Waals surface area contributed by atoms with Gasteiger partial charge in [-0.1, -0.05) is 43.7 Å². The molecule has 0 bridgehead atoms. The Morgan fingerprint density at radius 1 is 1.08 bits per heavy atom. The van der Waals surface area contributed by atoms with Gasteiger partial charge in [0.05, 0.1) is 13.0 Å². The summed E-state index contributed by atoms with van der Waals surface area (Å²) in [6.45, 7) is 2.85. The minimum atomic E-state index is -0.141. The number of unbranched alkanes of at least 4 members (excludes halogenated alkanes) is 1. The second-order valence-electron chi connectivity index (χ2n) is 5.39. The number of thiocarbonyl (C=S) groups is 1. The summed E-state index contributed by atoms with van der Waals surface area (Å²) in [7, 11) is 0. The highest BCUT2D eigenvalue weighted by atomic mass is 32.1. The number of carbonyl (C=O) groups is 1. The molecule has 0 atom stereocenters. The molecule has 2 rings (SSSR count). The average Bonchev–Trinajstić information content (AvgIpc) is 2.57. The van der Waals surface area contributed by atoms with Crippen molar-refractivity contribution < 1.29 is 9.53 Å². The zero-order valence-electron chi connectivity index (χ0n) is 13.7. The maximum atomic E-state index is 12.0. The SMILES string of the molecule is CCCCOc1ccc(NC(=S)NC(=O)Cc2ccccc2)cc1. The van der Waals surface area contributed by atoms with E-state index in [4.69, 9.17) is 17.0 Å². The number of rotatable bonds is 7. The first-order valence-electron chi connectivity index (χ1n) is 8.05. The molecule has 0 aliphatic heterocycles. The van der Waals surface area contributed by atoms with Gasteiger partial charge >= 0.3 is 0 Å². The summed E-state index contributed by atoms with van der Waals surface area (Å²) in [6, 6.07) is 17.1. The summed E-state index contributed by atoms with van der Waals surface area (Å²) in [5.74, 6) is 0.686. The maximum absolute atomic E-state index is 12.0. The van der Waals surface area contributed by atoms with Crippen molar-refractivity contribution in [2.24, 2.45) is 0 Å². The van der Waals surface area contributed by atoms with Crippen molar-refractivity contribution in [3.8, 4) is 5.75 Å². The van der Waals surface area contributed by atoms with Crippen LogP contribution in [0, 0.1) is 0 Å². The minimum absolute atomic E-state index is 0.141. The van der Waals surface area contributed by atoms with E-state index in [0.29, 0.717) is 6.42 Å². The van der Waals surface area contributed by atoms with Gasteiger partial charge in [0.1, 0.15) is 5.75 Å². The van der Waals surface area contributed by atoms with E-state index in [2.05, 4.69) is 17.6 Å². The first kappa shape index (κ1) is 17.9. The van der Waals surface area contributed by atoms with E-state index in [1.807, 2.05) is 54.6 Å². The fourth-order valence-corrected chi connectivity index (χ4v) is 2.31. The van der Waals surface area contributed by atoms with Crippen molar-refractivity contribution in [2.75, 3.05) is 11.9 Å². The van der Waals surface area contributed by atoms with Crippen molar-refractivity contribution in [3.63, 3.8) is 0 Å². The van der Waals surface area contributed by atoms with Crippen LogP contribution in [0.5, 0.6) is 5.75 Å². The molecule has 0 spiro atoms. The Morgan fingerprint density at radius 2 is 1.79 bits per heavy atom. The van der Waals surface area contributed by atoms with Crippen LogP contribution >= 0.6 is 12.2 Å². The van der Waals surface area contributed by atoms with Gasteiger partial charge in [-0.25, -0.2) is 0 Å². The molecule has 2 aromatic rings. The van der Waals surface area contributed by atoms with Crippen LogP contribution in [-0.2, 0) is 11.2 Å². The van der Waals surface area contributed by atoms with Gasteiger partial charge in [0.25, 0.3) is 0 Å². The number of benzene rings is 2. The normalized spacial score (nSPS) is 10.0. The van der Waals surface area contributed by atoms with Gasteiger partial charge in [-0.15, -0.1) is 0 Å². The van der Waals surface area contributed by atoms with Gasteiger partial charge in [-0.2, -0.15) is 0 Å². The number of amides is 1. The van der Waals surface area contributed by atoms with Crippen molar-refractivity contribution in [1.29, 1.82) is 0 Å². The Morgan fingerprint density at radius 3 is 2.46 bits per heavy atom. The summed E-state index contributed by atoms with van der Waals surface area (Å²) in [4.78, 5) is 12.0. The number of ether oxygens (including phenoxy) is 1. The van der Waals surface area contributed by atoms with Crippen LogP contribution in [0.2, 0.25) is 0 Å². The second kappa shape index (κ2) is 9.67. The van der Waals surface area contributed by atoms with Crippen LogP contribution in [0.15, 0.2) is 54.6 Å². The third-order valence-electron chi connectivity index (χ3n) is 3.34. The Labute approximate surface area is 148 Å². The predicted octanol–water partition coefficient (Wildman–Crippen LogP) is 3.92. The number of hydrogen-bond donors (Lipinski definition) is 2. The lowest BCUT2D eigenvalue weighted by molar-refractivity contribution is -0.119. The van der Waals surface area contributed by atoms with Crippen molar-refractivity contribution >= 4 is 28.9 Å². The number of hydrogen-bond acceptors (Lipinski definition) is 3. The summed E-state index contributed by atoms with van der Waals surface area (Å²) in [5, 5.41) is 5.97. The molecule has 24 heavy (non-hydrogen) atoms. The molecular formula is C19H22N2O2S. The summed E-state index contributed by atoms with van der Waals surface area (Å²) in [6.07, 6.45) is 2.45. The molecule has 126 valence electrons. The molecule has 5 heteroatoms. The molecule has 0 fully saturated rings. The van der Waals surface area contributed by atoms with E-state index in [1.165, 1.54) is 0 Å². The van der Waals surface area contributed by atoms with E-state index in [9.17, 15) is 4.79 Å². The number of carbonyl (C=O) groups excluding carboxylic acids is 1. The van der Waals surface area contributed by atoms with Crippen LogP contribution in [0.4, 0.5) is 5.69 Å². The molecule has 0 radical (unpaired) electrons. The van der Waals surface area contributed by atoms with E-state index in [1.54, 1.807) is 0 Å². The highest BCUT2D eigenvalue weighted by Crippen LogP contribution is 2.16. The largest absolute Gasteiger partial charge is 0.494 e. The van der Waals surface area contributed by atoms with Crippen molar-refractivity contribution in [2.45, 2.75) is 26.2 Å². The van der Waals surface area contributed by atoms with Gasteiger partial charge in [0.15, 0.2) is 5.11 Å². The van der Waals surface area contributed by atoms with Crippen LogP contribution in [0.1, 0.15) is 25.3 Å². The lowest BCUT2D eigenvalue weighted by Gasteiger charge is -2.11. The topological polar surface area (TPSA) is 50.4 Å².